The number of morpholine rings is 1. The Morgan fingerprint density at radius 1 is 1.15 bits per heavy atom. The van der Waals surface area contributed by atoms with Crippen molar-refractivity contribution >= 4 is 0 Å². The van der Waals surface area contributed by atoms with Crippen LogP contribution in [0.15, 0.2) is 24.4 Å². The predicted octanol–water partition coefficient (Wildman–Crippen LogP) is 2.65. The van der Waals surface area contributed by atoms with Crippen molar-refractivity contribution in [3.8, 4) is 11.3 Å². The lowest BCUT2D eigenvalue weighted by Gasteiger charge is -2.26. The molecule has 1 aromatic heterocycles. The van der Waals surface area contributed by atoms with Gasteiger partial charge in [0.25, 0.3) is 0 Å². The molecule has 6 nitrogen and oxygen atoms in total. The third-order valence-corrected chi connectivity index (χ3v) is 5.28. The summed E-state index contributed by atoms with van der Waals surface area (Å²) in [6.07, 6.45) is 5.85. The molecule has 26 heavy (non-hydrogen) atoms. The quantitative estimate of drug-likeness (QED) is 0.824. The summed E-state index contributed by atoms with van der Waals surface area (Å²) in [7, 11) is 0. The van der Waals surface area contributed by atoms with Gasteiger partial charge >= 0.3 is 0 Å². The Bertz CT molecular complexity index is 718. The zero-order valence-corrected chi connectivity index (χ0v) is 15.6. The summed E-state index contributed by atoms with van der Waals surface area (Å²) in [5, 5.41) is 8.70. The molecule has 0 unspecified atom stereocenters. The van der Waals surface area contributed by atoms with Gasteiger partial charge in [0.15, 0.2) is 0 Å². The van der Waals surface area contributed by atoms with Gasteiger partial charge in [0, 0.05) is 31.8 Å². The molecule has 2 aromatic rings. The first-order valence-corrected chi connectivity index (χ1v) is 9.70. The predicted molar refractivity (Wildman–Crippen MR) is 99.9 cm³/mol. The van der Waals surface area contributed by atoms with Gasteiger partial charge in [-0.1, -0.05) is 23.4 Å². The largest absolute Gasteiger partial charge is 0.379 e. The second kappa shape index (κ2) is 8.29. The Morgan fingerprint density at radius 2 is 2.04 bits per heavy atom. The summed E-state index contributed by atoms with van der Waals surface area (Å²) in [6.45, 7) is 8.50. The molecule has 0 spiro atoms. The van der Waals surface area contributed by atoms with Crippen LogP contribution in [0.3, 0.4) is 0 Å². The minimum Gasteiger partial charge on any atom is -0.379 e. The average molecular weight is 356 g/mol. The number of nitrogens with zero attached hydrogens (tertiary/aromatic N) is 4. The van der Waals surface area contributed by atoms with E-state index in [2.05, 4.69) is 40.3 Å². The maximum Gasteiger partial charge on any atom is 0.113 e. The SMILES string of the molecule is Cc1cc(CN2CCOCC2)ccc1-c1cn(C[C@H]2CCCCO2)nn1. The fourth-order valence-electron chi connectivity index (χ4n) is 3.80. The Hall–Kier alpha value is -1.76. The summed E-state index contributed by atoms with van der Waals surface area (Å²) in [6, 6.07) is 6.66. The van der Waals surface area contributed by atoms with E-state index in [4.69, 9.17) is 9.47 Å². The number of aryl methyl sites for hydroxylation is 1. The van der Waals surface area contributed by atoms with E-state index >= 15 is 0 Å². The molecule has 0 aliphatic carbocycles. The van der Waals surface area contributed by atoms with Gasteiger partial charge in [0.05, 0.1) is 32.1 Å². The van der Waals surface area contributed by atoms with Gasteiger partial charge in [-0.2, -0.15) is 0 Å². The molecule has 0 amide bonds. The molecule has 0 saturated carbocycles. The van der Waals surface area contributed by atoms with Gasteiger partial charge < -0.3 is 9.47 Å². The Labute approximate surface area is 155 Å². The van der Waals surface area contributed by atoms with Crippen LogP contribution in [-0.2, 0) is 22.6 Å². The molecular formula is C20H28N4O2. The van der Waals surface area contributed by atoms with E-state index in [1.54, 1.807) is 0 Å². The van der Waals surface area contributed by atoms with E-state index in [-0.39, 0.29) is 6.10 Å². The van der Waals surface area contributed by atoms with Crippen LogP contribution in [-0.4, -0.2) is 58.9 Å². The first-order chi connectivity index (χ1) is 12.8. The van der Waals surface area contributed by atoms with Gasteiger partial charge in [-0.3, -0.25) is 4.90 Å². The van der Waals surface area contributed by atoms with Crippen LogP contribution in [0.5, 0.6) is 0 Å². The highest BCUT2D eigenvalue weighted by Crippen LogP contribution is 2.23. The molecule has 1 atom stereocenters. The standard InChI is InChI=1S/C20H28N4O2/c1-16-12-17(13-23-7-10-25-11-8-23)5-6-19(16)20-15-24(22-21-20)14-18-4-2-3-9-26-18/h5-6,12,15,18H,2-4,7-11,13-14H2,1H3/t18-/m1/s1. The molecule has 1 aromatic carbocycles. The fourth-order valence-corrected chi connectivity index (χ4v) is 3.80. The van der Waals surface area contributed by atoms with Gasteiger partial charge in [0.1, 0.15) is 5.69 Å². The van der Waals surface area contributed by atoms with Crippen molar-refractivity contribution in [3.05, 3.63) is 35.5 Å². The van der Waals surface area contributed by atoms with Crippen LogP contribution < -0.4 is 0 Å². The molecule has 140 valence electrons. The molecule has 2 aliphatic rings. The second-order valence-electron chi connectivity index (χ2n) is 7.35. The number of aromatic nitrogens is 3. The summed E-state index contributed by atoms with van der Waals surface area (Å²) >= 11 is 0. The van der Waals surface area contributed by atoms with E-state index in [0.717, 1.165) is 63.7 Å². The van der Waals surface area contributed by atoms with Crippen LogP contribution in [0.25, 0.3) is 11.3 Å². The van der Waals surface area contributed by atoms with Crippen molar-refractivity contribution in [2.24, 2.45) is 0 Å². The summed E-state index contributed by atoms with van der Waals surface area (Å²) in [4.78, 5) is 2.44. The van der Waals surface area contributed by atoms with Crippen molar-refractivity contribution in [3.63, 3.8) is 0 Å². The first-order valence-electron chi connectivity index (χ1n) is 9.70. The third-order valence-electron chi connectivity index (χ3n) is 5.28. The van der Waals surface area contributed by atoms with E-state index in [0.29, 0.717) is 0 Å². The van der Waals surface area contributed by atoms with Crippen LogP contribution >= 0.6 is 0 Å². The number of hydrogen-bond acceptors (Lipinski definition) is 5. The molecule has 0 radical (unpaired) electrons. The van der Waals surface area contributed by atoms with E-state index in [1.165, 1.54) is 24.0 Å². The zero-order valence-electron chi connectivity index (χ0n) is 15.6. The lowest BCUT2D eigenvalue weighted by Crippen LogP contribution is -2.35. The summed E-state index contributed by atoms with van der Waals surface area (Å²) in [5.41, 5.74) is 4.69. The number of ether oxygens (including phenoxy) is 2. The van der Waals surface area contributed by atoms with Crippen molar-refractivity contribution in [2.45, 2.75) is 45.4 Å². The van der Waals surface area contributed by atoms with E-state index in [9.17, 15) is 0 Å². The number of hydrogen-bond donors (Lipinski definition) is 0. The third kappa shape index (κ3) is 4.31. The summed E-state index contributed by atoms with van der Waals surface area (Å²) < 4.78 is 13.2. The zero-order chi connectivity index (χ0) is 17.8. The van der Waals surface area contributed by atoms with Gasteiger partial charge in [-0.25, -0.2) is 4.68 Å². The van der Waals surface area contributed by atoms with Crippen LogP contribution in [0.1, 0.15) is 30.4 Å². The number of benzene rings is 1. The lowest BCUT2D eigenvalue weighted by molar-refractivity contribution is 0.00370. The molecular weight excluding hydrogens is 328 g/mol. The van der Waals surface area contributed by atoms with E-state index < -0.39 is 0 Å². The Balaban J connectivity index is 1.42. The smallest absolute Gasteiger partial charge is 0.113 e. The first kappa shape index (κ1) is 17.6. The molecule has 2 aliphatic heterocycles. The Kier molecular flexibility index (Phi) is 5.62. The minimum absolute atomic E-state index is 0.273. The highest BCUT2D eigenvalue weighted by Gasteiger charge is 2.16. The van der Waals surface area contributed by atoms with Crippen LogP contribution in [0.4, 0.5) is 0 Å². The average Bonchev–Trinajstić information content (AvgIpc) is 3.12. The molecule has 3 heterocycles. The van der Waals surface area contributed by atoms with Crippen LogP contribution in [0, 0.1) is 6.92 Å². The molecule has 0 bridgehead atoms. The van der Waals surface area contributed by atoms with Gasteiger partial charge in [-0.05, 0) is 37.3 Å². The second-order valence-corrected chi connectivity index (χ2v) is 7.35. The van der Waals surface area contributed by atoms with E-state index in [1.807, 2.05) is 10.9 Å². The highest BCUT2D eigenvalue weighted by atomic mass is 16.5. The van der Waals surface area contributed by atoms with Crippen LogP contribution in [0.2, 0.25) is 0 Å². The van der Waals surface area contributed by atoms with Crippen molar-refractivity contribution in [2.75, 3.05) is 32.9 Å². The molecule has 0 N–H and O–H groups in total. The maximum absolute atomic E-state index is 5.81. The van der Waals surface area contributed by atoms with Crippen molar-refractivity contribution < 1.29 is 9.47 Å². The minimum atomic E-state index is 0.273. The Morgan fingerprint density at radius 3 is 2.81 bits per heavy atom. The monoisotopic (exact) mass is 356 g/mol. The normalized spacial score (nSPS) is 21.8. The van der Waals surface area contributed by atoms with Gasteiger partial charge in [0.2, 0.25) is 0 Å². The van der Waals surface area contributed by atoms with Gasteiger partial charge in [-0.15, -0.1) is 5.10 Å². The van der Waals surface area contributed by atoms with Crippen molar-refractivity contribution in [1.29, 1.82) is 0 Å². The molecule has 4 rings (SSSR count). The number of rotatable bonds is 5. The van der Waals surface area contributed by atoms with Crippen molar-refractivity contribution in [1.82, 2.24) is 19.9 Å². The lowest BCUT2D eigenvalue weighted by atomic mass is 10.0. The fraction of sp³-hybridized carbons (Fsp3) is 0.600. The molecule has 6 heteroatoms. The summed E-state index contributed by atoms with van der Waals surface area (Å²) in [5.74, 6) is 0. The maximum atomic E-state index is 5.81. The topological polar surface area (TPSA) is 52.4 Å². The molecule has 2 saturated heterocycles. The highest BCUT2D eigenvalue weighted by molar-refractivity contribution is 5.62. The molecule has 2 fully saturated rings.